The van der Waals surface area contributed by atoms with E-state index in [0.717, 1.165) is 52.2 Å². The number of anilines is 1. The lowest BCUT2D eigenvalue weighted by molar-refractivity contribution is -0.0000230. The van der Waals surface area contributed by atoms with Crippen molar-refractivity contribution < 1.29 is 38.3 Å². The largest absolute Gasteiger partial charge is 1.00 e. The minimum atomic E-state index is -0.943. The summed E-state index contributed by atoms with van der Waals surface area (Å²) in [6.07, 6.45) is 2.17. The number of hydrogen-bond donors (Lipinski definition) is 1. The minimum Gasteiger partial charge on any atom is -1.00 e. The van der Waals surface area contributed by atoms with Gasteiger partial charge in [0.1, 0.15) is 24.6 Å². The summed E-state index contributed by atoms with van der Waals surface area (Å²) in [5, 5.41) is 11.0. The minimum absolute atomic E-state index is 0. The van der Waals surface area contributed by atoms with Crippen LogP contribution in [0.1, 0.15) is 35.5 Å². The predicted molar refractivity (Wildman–Crippen MR) is 142 cm³/mol. The van der Waals surface area contributed by atoms with Crippen LogP contribution in [0.2, 0.25) is 0 Å². The average molecular weight is 592 g/mol. The highest BCUT2D eigenvalue weighted by Crippen LogP contribution is 2.39. The maximum Gasteiger partial charge on any atom is 0.336 e. The van der Waals surface area contributed by atoms with Crippen molar-refractivity contribution in [3.63, 3.8) is 0 Å². The second-order valence-corrected chi connectivity index (χ2v) is 8.81. The van der Waals surface area contributed by atoms with Crippen LogP contribution >= 0.6 is 0 Å². The van der Waals surface area contributed by atoms with E-state index in [1.54, 1.807) is 12.1 Å². The zero-order valence-corrected chi connectivity index (χ0v) is 22.8. The zero-order chi connectivity index (χ0) is 24.5. The van der Waals surface area contributed by atoms with Gasteiger partial charge in [-0.25, -0.2) is 9.37 Å². The van der Waals surface area contributed by atoms with Crippen LogP contribution in [0.4, 0.5) is 5.69 Å². The fourth-order valence-corrected chi connectivity index (χ4v) is 4.93. The number of rotatable bonds is 5. The standard InChI is InChI=1S/C30H28N2O3.HI/c1-4-32(5-2)22-14-15-24-26(23-11-7-8-12-25(23)30(33)34)18-28(35-29(24)17-22)21-16-20-10-6-9-13-27(20)31(3)19-21;/h6-18H,4-5,19H2,1-3H3;1H. The van der Waals surface area contributed by atoms with Gasteiger partial charge < -0.3 is 38.4 Å². The second kappa shape index (κ2) is 10.7. The molecule has 2 aliphatic heterocycles. The first kappa shape index (κ1) is 25.7. The Balaban J connectivity index is 0.00000304. The van der Waals surface area contributed by atoms with Crippen molar-refractivity contribution in [2.45, 2.75) is 13.8 Å². The van der Waals surface area contributed by atoms with Gasteiger partial charge in [0.2, 0.25) is 5.36 Å². The number of halogens is 1. The highest BCUT2D eigenvalue weighted by molar-refractivity contribution is 5.99. The van der Waals surface area contributed by atoms with Gasteiger partial charge in [-0.15, -0.1) is 0 Å². The third-order valence-electron chi connectivity index (χ3n) is 6.73. The number of nitrogens with zero attached hydrogens (tertiary/aromatic N) is 2. The number of carboxylic acids is 1. The van der Waals surface area contributed by atoms with Gasteiger partial charge in [-0.2, -0.15) is 0 Å². The molecule has 0 unspecified atom stereocenters. The highest BCUT2D eigenvalue weighted by Gasteiger charge is 2.23. The topological polar surface area (TPSA) is 56.7 Å². The van der Waals surface area contributed by atoms with Gasteiger partial charge in [-0.3, -0.25) is 0 Å². The smallest absolute Gasteiger partial charge is 0.336 e. The quantitative estimate of drug-likeness (QED) is 0.286. The molecule has 2 heterocycles. The van der Waals surface area contributed by atoms with E-state index < -0.39 is 5.97 Å². The van der Waals surface area contributed by atoms with Gasteiger partial charge in [0.25, 0.3) is 0 Å². The normalized spacial score (nSPS) is 12.5. The van der Waals surface area contributed by atoms with Crippen LogP contribution < -0.4 is 38.8 Å². The maximum atomic E-state index is 12.1. The van der Waals surface area contributed by atoms with E-state index in [4.69, 9.17) is 4.42 Å². The Bertz CT molecular complexity index is 1500. The molecule has 1 N–H and O–H groups in total. The molecule has 0 saturated carbocycles. The fourth-order valence-electron chi connectivity index (χ4n) is 4.93. The molecular formula is C30H29IN2O3. The van der Waals surface area contributed by atoms with Crippen molar-refractivity contribution in [2.75, 3.05) is 31.6 Å². The molecule has 6 heteroatoms. The molecule has 0 spiro atoms. The van der Waals surface area contributed by atoms with Crippen LogP contribution in [0.25, 0.3) is 34.1 Å². The molecule has 0 saturated heterocycles. The highest BCUT2D eigenvalue weighted by atomic mass is 127. The SMILES string of the molecule is CC[N+](CC)=c1ccc2c(-c3ccccc3C(=O)O)cc(C3=Cc4ccccc4N(C)C3)oc-2c1.[I-]. The summed E-state index contributed by atoms with van der Waals surface area (Å²) in [5.41, 5.74) is 6.07. The van der Waals surface area contributed by atoms with Crippen LogP contribution in [-0.4, -0.2) is 37.8 Å². The molecule has 0 radical (unpaired) electrons. The van der Waals surface area contributed by atoms with Crippen molar-refractivity contribution in [2.24, 2.45) is 0 Å². The van der Waals surface area contributed by atoms with E-state index in [1.807, 2.05) is 36.4 Å². The lowest BCUT2D eigenvalue weighted by Gasteiger charge is -2.28. The van der Waals surface area contributed by atoms with Gasteiger partial charge in [0.05, 0.1) is 11.6 Å². The van der Waals surface area contributed by atoms with Crippen molar-refractivity contribution in [1.29, 1.82) is 0 Å². The molecule has 0 bridgehead atoms. The first-order chi connectivity index (χ1) is 17.0. The van der Waals surface area contributed by atoms with Crippen molar-refractivity contribution in [3.05, 3.63) is 95.0 Å². The Labute approximate surface area is 228 Å². The van der Waals surface area contributed by atoms with Crippen molar-refractivity contribution in [3.8, 4) is 22.5 Å². The molecule has 2 aromatic rings. The predicted octanol–water partition coefficient (Wildman–Crippen LogP) is 2.56. The Morgan fingerprint density at radius 3 is 2.39 bits per heavy atom. The summed E-state index contributed by atoms with van der Waals surface area (Å²) in [7, 11) is 2.08. The summed E-state index contributed by atoms with van der Waals surface area (Å²) in [6.45, 7) is 6.75. The first-order valence-electron chi connectivity index (χ1n) is 12.0. The zero-order valence-electron chi connectivity index (χ0n) is 20.7. The van der Waals surface area contributed by atoms with E-state index >= 15 is 0 Å². The molecule has 36 heavy (non-hydrogen) atoms. The summed E-state index contributed by atoms with van der Waals surface area (Å²) in [6, 6.07) is 23.7. The molecule has 5 rings (SSSR count). The molecule has 2 aromatic carbocycles. The van der Waals surface area contributed by atoms with Crippen LogP contribution in [-0.2, 0) is 0 Å². The Morgan fingerprint density at radius 1 is 0.917 bits per heavy atom. The fraction of sp³-hybridized carbons (Fsp3) is 0.200. The summed E-state index contributed by atoms with van der Waals surface area (Å²) < 4.78 is 8.81. The third kappa shape index (κ3) is 4.69. The van der Waals surface area contributed by atoms with E-state index in [0.29, 0.717) is 12.1 Å². The van der Waals surface area contributed by atoms with Crippen LogP contribution in [0.5, 0.6) is 0 Å². The van der Waals surface area contributed by atoms with Crippen molar-refractivity contribution >= 4 is 23.3 Å². The number of aromatic carboxylic acids is 1. The molecule has 0 amide bonds. The van der Waals surface area contributed by atoms with Gasteiger partial charge in [-0.1, -0.05) is 36.4 Å². The van der Waals surface area contributed by atoms with E-state index in [-0.39, 0.29) is 29.5 Å². The van der Waals surface area contributed by atoms with Gasteiger partial charge in [0, 0.05) is 36.5 Å². The molecular weight excluding hydrogens is 563 g/mol. The van der Waals surface area contributed by atoms with E-state index in [2.05, 4.69) is 60.7 Å². The van der Waals surface area contributed by atoms with E-state index in [1.165, 1.54) is 5.69 Å². The summed E-state index contributed by atoms with van der Waals surface area (Å²) >= 11 is 0. The van der Waals surface area contributed by atoms with Gasteiger partial charge in [-0.05, 0) is 60.9 Å². The first-order valence-corrected chi connectivity index (χ1v) is 12.0. The Kier molecular flexibility index (Phi) is 7.64. The molecule has 184 valence electrons. The molecule has 1 aliphatic carbocycles. The van der Waals surface area contributed by atoms with Gasteiger partial charge >= 0.3 is 5.97 Å². The molecule has 0 aromatic heterocycles. The third-order valence-corrected chi connectivity index (χ3v) is 6.73. The number of para-hydroxylation sites is 1. The van der Waals surface area contributed by atoms with Crippen LogP contribution in [0, 0.1) is 0 Å². The maximum absolute atomic E-state index is 12.1. The summed E-state index contributed by atoms with van der Waals surface area (Å²) in [5.74, 6) is 0.539. The second-order valence-electron chi connectivity index (χ2n) is 8.81. The Hall–Kier alpha value is -3.39. The van der Waals surface area contributed by atoms with Gasteiger partial charge in [0.15, 0.2) is 0 Å². The van der Waals surface area contributed by atoms with Crippen molar-refractivity contribution in [1.82, 2.24) is 4.58 Å². The Morgan fingerprint density at radius 2 is 1.64 bits per heavy atom. The molecule has 3 aliphatic rings. The number of hydrogen-bond acceptors (Lipinski definition) is 3. The molecule has 0 fully saturated rings. The monoisotopic (exact) mass is 592 g/mol. The van der Waals surface area contributed by atoms with Crippen LogP contribution in [0.15, 0.2) is 77.2 Å². The lowest BCUT2D eigenvalue weighted by Crippen LogP contribution is -3.00. The number of benzene rings is 3. The van der Waals surface area contributed by atoms with Crippen LogP contribution in [0.3, 0.4) is 0 Å². The number of carboxylic acid groups (broad SMARTS) is 1. The average Bonchev–Trinajstić information content (AvgIpc) is 2.88. The van der Waals surface area contributed by atoms with E-state index in [9.17, 15) is 9.90 Å². The lowest BCUT2D eigenvalue weighted by atomic mass is 9.92. The summed E-state index contributed by atoms with van der Waals surface area (Å²) in [4.78, 5) is 14.3. The number of fused-ring (bicyclic) bond motifs is 2. The number of likely N-dealkylation sites (N-methyl/N-ethyl adjacent to an activating group) is 1. The molecule has 0 atom stereocenters. The number of carbonyl (C=O) groups is 1. The molecule has 5 nitrogen and oxygen atoms in total.